The number of hydrogen-bond donors (Lipinski definition) is 3. The summed E-state index contributed by atoms with van der Waals surface area (Å²) in [6, 6.07) is 0. The molecule has 112 valence electrons. The molecular weight excluding hydrogens is 260 g/mol. The third-order valence-corrected chi connectivity index (χ3v) is 4.92. The maximum Gasteiger partial charge on any atom is 0.328 e. The van der Waals surface area contributed by atoms with Crippen molar-refractivity contribution in [2.45, 2.75) is 45.5 Å². The van der Waals surface area contributed by atoms with E-state index < -0.39 is 23.3 Å². The molecule has 2 aliphatic rings. The van der Waals surface area contributed by atoms with E-state index in [1.54, 1.807) is 13.0 Å². The summed E-state index contributed by atoms with van der Waals surface area (Å²) in [6.45, 7) is 5.95. The fourth-order valence-corrected chi connectivity index (χ4v) is 3.38. The van der Waals surface area contributed by atoms with Crippen LogP contribution in [0.2, 0.25) is 0 Å². The Morgan fingerprint density at radius 2 is 2.00 bits per heavy atom. The molecule has 0 unspecified atom stereocenters. The second kappa shape index (κ2) is 4.69. The number of hydrogen-bond acceptors (Lipinski definition) is 4. The molecule has 4 atom stereocenters. The third kappa shape index (κ3) is 2.20. The maximum atomic E-state index is 10.7. The van der Waals surface area contributed by atoms with E-state index in [1.165, 1.54) is 0 Å². The third-order valence-electron chi connectivity index (χ3n) is 4.92. The minimum Gasteiger partial charge on any atom is -0.478 e. The number of allylic oxidation sites excluding steroid dienone is 2. The van der Waals surface area contributed by atoms with Gasteiger partial charge in [-0.1, -0.05) is 26.0 Å². The van der Waals surface area contributed by atoms with Gasteiger partial charge in [0.15, 0.2) is 5.79 Å². The van der Waals surface area contributed by atoms with Crippen molar-refractivity contribution in [1.82, 2.24) is 0 Å². The highest BCUT2D eigenvalue weighted by atomic mass is 16.6. The molecular formula is C15H22O5. The number of aliphatic carboxylic acids is 1. The quantitative estimate of drug-likeness (QED) is 0.539. The topological polar surface area (TPSA) is 87.0 Å². The number of aliphatic hydroxyl groups excluding tert-OH is 1. The van der Waals surface area contributed by atoms with E-state index in [0.29, 0.717) is 18.6 Å². The summed E-state index contributed by atoms with van der Waals surface area (Å²) in [4.78, 5) is 10.6. The Hall–Kier alpha value is -1.17. The SMILES string of the molecule is CC(=C/C(=O)O)/C=C/[C@]1(C)[C@@]2(C)CO[C@@]1(O)C[C@@H](O)C2. The van der Waals surface area contributed by atoms with Crippen molar-refractivity contribution in [2.75, 3.05) is 6.61 Å². The molecule has 0 aromatic rings. The monoisotopic (exact) mass is 282 g/mol. The van der Waals surface area contributed by atoms with Crippen molar-refractivity contribution in [3.05, 3.63) is 23.8 Å². The number of carbonyl (C=O) groups is 1. The van der Waals surface area contributed by atoms with Crippen LogP contribution in [0.4, 0.5) is 0 Å². The first-order valence-corrected chi connectivity index (χ1v) is 6.77. The zero-order valence-electron chi connectivity index (χ0n) is 12.1. The van der Waals surface area contributed by atoms with Crippen LogP contribution in [0.3, 0.4) is 0 Å². The zero-order valence-corrected chi connectivity index (χ0v) is 12.1. The molecule has 2 rings (SSSR count). The second-order valence-electron chi connectivity index (χ2n) is 6.46. The van der Waals surface area contributed by atoms with E-state index in [0.717, 1.165) is 6.08 Å². The van der Waals surface area contributed by atoms with Gasteiger partial charge in [-0.25, -0.2) is 4.79 Å². The van der Waals surface area contributed by atoms with Gasteiger partial charge in [0.05, 0.1) is 12.7 Å². The summed E-state index contributed by atoms with van der Waals surface area (Å²) in [5, 5.41) is 29.3. The first kappa shape index (κ1) is 15.2. The van der Waals surface area contributed by atoms with Gasteiger partial charge < -0.3 is 20.1 Å². The standard InChI is InChI=1S/C15H22O5/c1-10(6-12(17)18)4-5-14(3)13(2)7-11(16)8-15(14,19)20-9-13/h4-6,11,16,19H,7-9H2,1-3H3,(H,17,18)/b5-4+,10-6-/t11-,13+,14+,15-/m0/s1. The van der Waals surface area contributed by atoms with Crippen LogP contribution in [-0.2, 0) is 9.53 Å². The van der Waals surface area contributed by atoms with E-state index in [4.69, 9.17) is 9.84 Å². The molecule has 20 heavy (non-hydrogen) atoms. The van der Waals surface area contributed by atoms with E-state index in [2.05, 4.69) is 0 Å². The number of rotatable bonds is 3. The van der Waals surface area contributed by atoms with Crippen LogP contribution in [0.5, 0.6) is 0 Å². The average Bonchev–Trinajstić information content (AvgIpc) is 2.43. The van der Waals surface area contributed by atoms with Crippen molar-refractivity contribution in [2.24, 2.45) is 10.8 Å². The van der Waals surface area contributed by atoms with Crippen LogP contribution in [0, 0.1) is 10.8 Å². The molecule has 0 radical (unpaired) electrons. The Balaban J connectivity index is 2.34. The second-order valence-corrected chi connectivity index (χ2v) is 6.46. The first-order valence-electron chi connectivity index (χ1n) is 6.77. The van der Waals surface area contributed by atoms with E-state index in [-0.39, 0.29) is 11.8 Å². The molecule has 0 amide bonds. The predicted octanol–water partition coefficient (Wildman–Crippen LogP) is 1.46. The van der Waals surface area contributed by atoms with Gasteiger partial charge in [0, 0.05) is 23.3 Å². The molecule has 0 spiro atoms. The normalized spacial score (nSPS) is 45.0. The minimum absolute atomic E-state index is 0.172. The van der Waals surface area contributed by atoms with Crippen LogP contribution in [0.25, 0.3) is 0 Å². The molecule has 3 N–H and O–H groups in total. The zero-order chi connectivity index (χ0) is 15.2. The van der Waals surface area contributed by atoms with Crippen molar-refractivity contribution >= 4 is 5.97 Å². The van der Waals surface area contributed by atoms with Gasteiger partial charge in [-0.05, 0) is 18.9 Å². The fraction of sp³-hybridized carbons (Fsp3) is 0.667. The molecule has 5 nitrogen and oxygen atoms in total. The summed E-state index contributed by atoms with van der Waals surface area (Å²) >= 11 is 0. The molecule has 1 saturated carbocycles. The lowest BCUT2D eigenvalue weighted by molar-refractivity contribution is -0.241. The Bertz CT molecular complexity index is 461. The van der Waals surface area contributed by atoms with Crippen molar-refractivity contribution in [3.63, 3.8) is 0 Å². The van der Waals surface area contributed by atoms with Gasteiger partial charge >= 0.3 is 5.97 Å². The van der Waals surface area contributed by atoms with E-state index in [1.807, 2.05) is 19.9 Å². The molecule has 2 fully saturated rings. The van der Waals surface area contributed by atoms with Gasteiger partial charge in [0.25, 0.3) is 0 Å². The predicted molar refractivity (Wildman–Crippen MR) is 72.9 cm³/mol. The van der Waals surface area contributed by atoms with Gasteiger partial charge in [-0.15, -0.1) is 0 Å². The summed E-state index contributed by atoms with van der Waals surface area (Å²) in [7, 11) is 0. The number of ether oxygens (including phenoxy) is 1. The van der Waals surface area contributed by atoms with Gasteiger partial charge in [0.2, 0.25) is 0 Å². The number of fused-ring (bicyclic) bond motifs is 2. The number of carboxylic acid groups (broad SMARTS) is 1. The van der Waals surface area contributed by atoms with Crippen molar-refractivity contribution in [1.29, 1.82) is 0 Å². The largest absolute Gasteiger partial charge is 0.478 e. The van der Waals surface area contributed by atoms with Crippen molar-refractivity contribution < 1.29 is 24.9 Å². The lowest BCUT2D eigenvalue weighted by Gasteiger charge is -2.49. The van der Waals surface area contributed by atoms with Gasteiger partial charge in [-0.2, -0.15) is 0 Å². The highest BCUT2D eigenvalue weighted by Gasteiger charge is 2.66. The number of aliphatic hydroxyl groups is 2. The molecule has 0 aromatic heterocycles. The van der Waals surface area contributed by atoms with Crippen LogP contribution in [0.15, 0.2) is 23.8 Å². The Morgan fingerprint density at radius 1 is 1.35 bits per heavy atom. The Labute approximate surface area is 118 Å². The Kier molecular flexibility index (Phi) is 3.57. The lowest BCUT2D eigenvalue weighted by Crippen LogP contribution is -2.55. The smallest absolute Gasteiger partial charge is 0.328 e. The summed E-state index contributed by atoms with van der Waals surface area (Å²) in [5.74, 6) is -2.40. The number of carboxylic acids is 1. The van der Waals surface area contributed by atoms with Crippen LogP contribution in [-0.4, -0.2) is 39.8 Å². The summed E-state index contributed by atoms with van der Waals surface area (Å²) in [6.07, 6.45) is 4.78. The molecule has 2 bridgehead atoms. The molecule has 5 heteroatoms. The summed E-state index contributed by atoms with van der Waals surface area (Å²) in [5.41, 5.74) is -0.442. The first-order chi connectivity index (χ1) is 9.12. The molecule has 1 aliphatic heterocycles. The van der Waals surface area contributed by atoms with Crippen LogP contribution >= 0.6 is 0 Å². The molecule has 1 heterocycles. The van der Waals surface area contributed by atoms with E-state index >= 15 is 0 Å². The maximum absolute atomic E-state index is 10.7. The fourth-order valence-electron chi connectivity index (χ4n) is 3.38. The summed E-state index contributed by atoms with van der Waals surface area (Å²) < 4.78 is 5.58. The van der Waals surface area contributed by atoms with Gasteiger partial charge in [-0.3, -0.25) is 0 Å². The van der Waals surface area contributed by atoms with Gasteiger partial charge in [0.1, 0.15) is 0 Å². The minimum atomic E-state index is -1.40. The highest BCUT2D eigenvalue weighted by Crippen LogP contribution is 2.62. The average molecular weight is 282 g/mol. The molecule has 1 saturated heterocycles. The lowest BCUT2D eigenvalue weighted by atomic mass is 9.56. The van der Waals surface area contributed by atoms with E-state index in [9.17, 15) is 15.0 Å². The molecule has 1 aliphatic carbocycles. The van der Waals surface area contributed by atoms with Crippen LogP contribution in [0.1, 0.15) is 33.6 Å². The van der Waals surface area contributed by atoms with Crippen LogP contribution < -0.4 is 0 Å². The molecule has 0 aromatic carbocycles. The highest BCUT2D eigenvalue weighted by molar-refractivity contribution is 5.81. The van der Waals surface area contributed by atoms with Crippen molar-refractivity contribution in [3.8, 4) is 0 Å². The Morgan fingerprint density at radius 3 is 2.55 bits per heavy atom.